The molecule has 0 bridgehead atoms. The third-order valence-corrected chi connectivity index (χ3v) is 4.70. The summed E-state index contributed by atoms with van der Waals surface area (Å²) >= 11 is 0.970. The monoisotopic (exact) mass is 353 g/mol. The van der Waals surface area contributed by atoms with Crippen molar-refractivity contribution in [2.75, 3.05) is 31.0 Å². The van der Waals surface area contributed by atoms with Gasteiger partial charge in [0.15, 0.2) is 0 Å². The van der Waals surface area contributed by atoms with E-state index in [0.717, 1.165) is 28.7 Å². The van der Waals surface area contributed by atoms with Gasteiger partial charge in [-0.3, -0.25) is 14.5 Å². The second-order valence-electron chi connectivity index (χ2n) is 5.80. The molecule has 0 aromatic heterocycles. The fourth-order valence-electron chi connectivity index (χ4n) is 2.38. The molecule has 128 valence electrons. The Kier molecular flexibility index (Phi) is 5.09. The van der Waals surface area contributed by atoms with Gasteiger partial charge in [0.1, 0.15) is 0 Å². The molecule has 0 atom stereocenters. The van der Waals surface area contributed by atoms with Gasteiger partial charge in [0.25, 0.3) is 11.1 Å². The first-order chi connectivity index (χ1) is 12.0. The fourth-order valence-corrected chi connectivity index (χ4v) is 3.22. The molecule has 2 amide bonds. The second-order valence-corrected chi connectivity index (χ2v) is 6.79. The summed E-state index contributed by atoms with van der Waals surface area (Å²) < 4.78 is 0. The maximum absolute atomic E-state index is 12.5. The van der Waals surface area contributed by atoms with E-state index in [9.17, 15) is 9.59 Å². The first kappa shape index (κ1) is 17.1. The Morgan fingerprint density at radius 2 is 1.72 bits per heavy atom. The van der Waals surface area contributed by atoms with E-state index < -0.39 is 0 Å². The number of hydrogen-bond donors (Lipinski definition) is 1. The second kappa shape index (κ2) is 7.44. The molecule has 3 rings (SSSR count). The van der Waals surface area contributed by atoms with Crippen molar-refractivity contribution in [3.05, 3.63) is 65.1 Å². The van der Waals surface area contributed by atoms with Gasteiger partial charge in [0.05, 0.1) is 11.6 Å². The summed E-state index contributed by atoms with van der Waals surface area (Å²) in [6.07, 6.45) is 1.76. The van der Waals surface area contributed by atoms with Crippen LogP contribution in [0.4, 0.5) is 16.2 Å². The van der Waals surface area contributed by atoms with Gasteiger partial charge < -0.3 is 10.2 Å². The van der Waals surface area contributed by atoms with E-state index in [4.69, 9.17) is 0 Å². The predicted octanol–water partition coefficient (Wildman–Crippen LogP) is 3.86. The van der Waals surface area contributed by atoms with Crippen LogP contribution in [0.5, 0.6) is 0 Å². The number of nitrogens with zero attached hydrogens (tertiary/aromatic N) is 2. The molecule has 1 fully saturated rings. The fraction of sp³-hybridized carbons (Fsp3) is 0.158. The van der Waals surface area contributed by atoms with Gasteiger partial charge in [-0.2, -0.15) is 0 Å². The molecule has 6 heteroatoms. The van der Waals surface area contributed by atoms with Crippen molar-refractivity contribution in [2.45, 2.75) is 0 Å². The Morgan fingerprint density at radius 1 is 1.04 bits per heavy atom. The lowest BCUT2D eigenvalue weighted by Crippen LogP contribution is -2.33. The van der Waals surface area contributed by atoms with E-state index in [-0.39, 0.29) is 17.8 Å². The van der Waals surface area contributed by atoms with Gasteiger partial charge in [0.2, 0.25) is 0 Å². The van der Waals surface area contributed by atoms with Crippen LogP contribution in [-0.4, -0.2) is 36.8 Å². The number of imide groups is 1. The van der Waals surface area contributed by atoms with E-state index in [1.807, 2.05) is 73.6 Å². The number of amides is 2. The Morgan fingerprint density at radius 3 is 2.36 bits per heavy atom. The number of rotatable bonds is 5. The maximum Gasteiger partial charge on any atom is 0.295 e. The third-order valence-electron chi connectivity index (χ3n) is 3.80. The Hall–Kier alpha value is -2.73. The Labute approximate surface area is 151 Å². The molecule has 1 N–H and O–H groups in total. The van der Waals surface area contributed by atoms with E-state index in [2.05, 4.69) is 5.32 Å². The molecular weight excluding hydrogens is 334 g/mol. The topological polar surface area (TPSA) is 52.7 Å². The standard InChI is InChI=1S/C19H19N3O2S/c1-21(2)16-10-8-14(9-11-16)12-17-18(23)22(19(24)25-17)13-20-15-6-4-3-5-7-15/h3-12,20H,13H2,1-2H3. The highest BCUT2D eigenvalue weighted by atomic mass is 32.2. The summed E-state index contributed by atoms with van der Waals surface area (Å²) in [4.78, 5) is 28.3. The predicted molar refractivity (Wildman–Crippen MR) is 104 cm³/mol. The number of carbonyl (C=O) groups excluding carboxylic acids is 2. The van der Waals surface area contributed by atoms with Crippen LogP contribution in [0.1, 0.15) is 5.56 Å². The van der Waals surface area contributed by atoms with E-state index in [0.29, 0.717) is 4.91 Å². The van der Waals surface area contributed by atoms with Crippen molar-refractivity contribution in [1.82, 2.24) is 4.90 Å². The lowest BCUT2D eigenvalue weighted by Gasteiger charge is -2.14. The zero-order valence-corrected chi connectivity index (χ0v) is 14.9. The number of benzene rings is 2. The zero-order valence-electron chi connectivity index (χ0n) is 14.1. The largest absolute Gasteiger partial charge is 0.378 e. The summed E-state index contributed by atoms with van der Waals surface area (Å²) in [5.41, 5.74) is 2.84. The number of para-hydroxylation sites is 1. The molecule has 1 saturated heterocycles. The third kappa shape index (κ3) is 4.03. The first-order valence-electron chi connectivity index (χ1n) is 7.86. The van der Waals surface area contributed by atoms with Crippen LogP contribution in [0, 0.1) is 0 Å². The SMILES string of the molecule is CN(C)c1ccc(C=C2SC(=O)N(CNc3ccccc3)C2=O)cc1. The van der Waals surface area contributed by atoms with Crippen LogP contribution in [-0.2, 0) is 4.79 Å². The molecule has 1 aliphatic rings. The van der Waals surface area contributed by atoms with Crippen molar-refractivity contribution in [3.63, 3.8) is 0 Å². The number of hydrogen-bond acceptors (Lipinski definition) is 5. The van der Waals surface area contributed by atoms with Crippen molar-refractivity contribution < 1.29 is 9.59 Å². The van der Waals surface area contributed by atoms with Crippen LogP contribution in [0.25, 0.3) is 6.08 Å². The van der Waals surface area contributed by atoms with Crippen LogP contribution in [0.15, 0.2) is 59.5 Å². The first-order valence-corrected chi connectivity index (χ1v) is 8.68. The Balaban J connectivity index is 1.69. The lowest BCUT2D eigenvalue weighted by molar-refractivity contribution is -0.122. The van der Waals surface area contributed by atoms with Gasteiger partial charge in [-0.1, -0.05) is 30.3 Å². The molecule has 0 radical (unpaired) electrons. The van der Waals surface area contributed by atoms with Crippen LogP contribution in [0.3, 0.4) is 0 Å². The zero-order chi connectivity index (χ0) is 17.8. The molecule has 0 aliphatic carbocycles. The number of thioether (sulfide) groups is 1. The van der Waals surface area contributed by atoms with Crippen molar-refractivity contribution in [1.29, 1.82) is 0 Å². The molecular formula is C19H19N3O2S. The number of nitrogens with one attached hydrogen (secondary N) is 1. The smallest absolute Gasteiger partial charge is 0.295 e. The Bertz CT molecular complexity index is 801. The summed E-state index contributed by atoms with van der Waals surface area (Å²) in [5, 5.41) is 2.83. The van der Waals surface area contributed by atoms with E-state index >= 15 is 0 Å². The summed E-state index contributed by atoms with van der Waals surface area (Å²) in [7, 11) is 3.94. The maximum atomic E-state index is 12.5. The van der Waals surface area contributed by atoms with Gasteiger partial charge in [0, 0.05) is 25.5 Å². The average Bonchev–Trinajstić information content (AvgIpc) is 2.88. The average molecular weight is 353 g/mol. The lowest BCUT2D eigenvalue weighted by atomic mass is 10.2. The highest BCUT2D eigenvalue weighted by Crippen LogP contribution is 2.32. The van der Waals surface area contributed by atoms with Gasteiger partial charge in [-0.25, -0.2) is 0 Å². The van der Waals surface area contributed by atoms with Gasteiger partial charge >= 0.3 is 0 Å². The van der Waals surface area contributed by atoms with Crippen molar-refractivity contribution >= 4 is 40.4 Å². The molecule has 2 aromatic rings. The van der Waals surface area contributed by atoms with Crippen LogP contribution in [0.2, 0.25) is 0 Å². The molecule has 0 unspecified atom stereocenters. The van der Waals surface area contributed by atoms with Gasteiger partial charge in [-0.05, 0) is 47.7 Å². The molecule has 0 spiro atoms. The molecule has 0 saturated carbocycles. The number of carbonyl (C=O) groups is 2. The normalized spacial score (nSPS) is 15.8. The number of anilines is 2. The molecule has 25 heavy (non-hydrogen) atoms. The minimum atomic E-state index is -0.268. The molecule has 2 aromatic carbocycles. The van der Waals surface area contributed by atoms with Gasteiger partial charge in [-0.15, -0.1) is 0 Å². The summed E-state index contributed by atoms with van der Waals surface area (Å²) in [6, 6.07) is 17.3. The van der Waals surface area contributed by atoms with Crippen molar-refractivity contribution in [3.8, 4) is 0 Å². The highest BCUT2D eigenvalue weighted by molar-refractivity contribution is 8.18. The van der Waals surface area contributed by atoms with E-state index in [1.165, 1.54) is 4.90 Å². The summed E-state index contributed by atoms with van der Waals surface area (Å²) in [5.74, 6) is -0.268. The molecule has 5 nitrogen and oxygen atoms in total. The van der Waals surface area contributed by atoms with E-state index in [1.54, 1.807) is 6.08 Å². The minimum absolute atomic E-state index is 0.158. The minimum Gasteiger partial charge on any atom is -0.378 e. The summed E-state index contributed by atoms with van der Waals surface area (Å²) in [6.45, 7) is 0.158. The van der Waals surface area contributed by atoms with Crippen molar-refractivity contribution in [2.24, 2.45) is 0 Å². The highest BCUT2D eigenvalue weighted by Gasteiger charge is 2.34. The quantitative estimate of drug-likeness (QED) is 0.827. The molecule has 1 heterocycles. The van der Waals surface area contributed by atoms with Crippen LogP contribution >= 0.6 is 11.8 Å². The van der Waals surface area contributed by atoms with Crippen LogP contribution < -0.4 is 10.2 Å². The molecule has 1 aliphatic heterocycles.